The Balaban J connectivity index is 2.61. The van der Waals surface area contributed by atoms with Crippen LogP contribution in [0.1, 0.15) is 77.8 Å². The van der Waals surface area contributed by atoms with Gasteiger partial charge in [-0.3, -0.25) is 57.9 Å². The normalized spacial score (nSPS) is 14.9. The Bertz CT molecular complexity index is 2590. The topological polar surface area (TPSA) is 555 Å². The standard InChI is InChI=1S/C52H82N16O16/c1-25(2)20-35(64-44(78)34(9-7-19-59-52(56)57)63-49(83)41(27(4)70)68-50(84)42(28(5)71)67-48(82)40(53)26(3)69)45(79)65-37(22-30-12-16-32(73)17-13-30)47(81)66-36(21-29-10-14-31(72)15-11-29)46(80)62-33(8-6-18-58-51(54)55)43(77)61-23-38(74)60-24-39(75)76/h10-17,25-28,33-37,40-42,69-73H,6-9,18-24,53H2,1-5H3,(H,60,74)(H,61,77)(H,62,80)(H,63,83)(H,64,78)(H,65,79)(H,66,81)(H,67,82)(H,68,84)(H,75,76)(H4,54,55,58)(H4,56,57,59)/t26-,27-,28-,33+,34+,35+,36+,37+,40+,41+,42+/m1/s1. The number of nitrogens with two attached hydrogens (primary N) is 5. The van der Waals surface area contributed by atoms with Crippen molar-refractivity contribution in [1.82, 2.24) is 47.9 Å². The number of carboxylic acid groups (broad SMARTS) is 1. The van der Waals surface area contributed by atoms with Crippen molar-refractivity contribution in [3.63, 3.8) is 0 Å². The number of aliphatic hydroxyl groups is 3. The molecular weight excluding hydrogens is 1100 g/mol. The van der Waals surface area contributed by atoms with E-state index in [4.69, 9.17) is 33.8 Å². The van der Waals surface area contributed by atoms with Crippen LogP contribution in [0.2, 0.25) is 0 Å². The number of aliphatic hydroxyl groups excluding tert-OH is 3. The summed E-state index contributed by atoms with van der Waals surface area (Å²) in [6.07, 6.45) is -5.49. The summed E-state index contributed by atoms with van der Waals surface area (Å²) in [4.78, 5) is 143. The van der Waals surface area contributed by atoms with Crippen LogP contribution in [0.25, 0.3) is 0 Å². The first-order valence-corrected chi connectivity index (χ1v) is 26.7. The molecule has 0 aliphatic rings. The fourth-order valence-corrected chi connectivity index (χ4v) is 7.80. The average Bonchev–Trinajstić information content (AvgIpc) is 3.62. The zero-order valence-corrected chi connectivity index (χ0v) is 47.4. The van der Waals surface area contributed by atoms with E-state index < -0.39 is 139 Å². The van der Waals surface area contributed by atoms with Crippen LogP contribution >= 0.6 is 0 Å². The zero-order valence-electron chi connectivity index (χ0n) is 47.4. The molecule has 0 radical (unpaired) electrons. The van der Waals surface area contributed by atoms with E-state index in [1.165, 1.54) is 55.5 Å². The van der Waals surface area contributed by atoms with E-state index in [0.29, 0.717) is 11.1 Å². The molecule has 466 valence electrons. The first-order valence-electron chi connectivity index (χ1n) is 26.7. The first kappa shape index (κ1) is 71.2. The van der Waals surface area contributed by atoms with Crippen molar-refractivity contribution < 1.29 is 78.6 Å². The molecule has 32 nitrogen and oxygen atoms in total. The van der Waals surface area contributed by atoms with Crippen LogP contribution in [0, 0.1) is 5.92 Å². The summed E-state index contributed by atoms with van der Waals surface area (Å²) in [5, 5.41) is 81.7. The number of carboxylic acids is 1. The molecule has 11 atom stereocenters. The highest BCUT2D eigenvalue weighted by atomic mass is 16.4. The molecule has 2 rings (SSSR count). The number of aliphatic carboxylic acids is 1. The number of carbonyl (C=O) groups excluding carboxylic acids is 9. The molecule has 0 aliphatic carbocycles. The number of carbonyl (C=O) groups is 10. The van der Waals surface area contributed by atoms with Crippen molar-refractivity contribution in [3.05, 3.63) is 59.7 Å². The average molecular weight is 1190 g/mol. The summed E-state index contributed by atoms with van der Waals surface area (Å²) < 4.78 is 0. The molecule has 0 heterocycles. The number of hydrogen-bond acceptors (Lipinski definition) is 18. The van der Waals surface area contributed by atoms with Gasteiger partial charge in [-0.1, -0.05) is 38.1 Å². The molecule has 32 heteroatoms. The SMILES string of the molecule is CC(C)C[C@H](NC(=O)[C@H](CCCN=C(N)N)NC(=O)[C@@H](NC(=O)[C@@H](NC(=O)[C@@H](N)[C@@H](C)O)[C@@H](C)O)[C@@H](C)O)C(=O)N[C@@H](Cc1ccc(O)cc1)C(=O)N[C@@H](Cc1ccc(O)cc1)C(=O)N[C@@H](CCCN=C(N)N)C(=O)NCC(=O)NCC(=O)O. The first-order chi connectivity index (χ1) is 39.4. The summed E-state index contributed by atoms with van der Waals surface area (Å²) in [6.45, 7) is 5.43. The predicted octanol–water partition coefficient (Wildman–Crippen LogP) is -6.78. The van der Waals surface area contributed by atoms with Gasteiger partial charge in [0.1, 0.15) is 66.4 Å². The van der Waals surface area contributed by atoms with Gasteiger partial charge in [0, 0.05) is 25.9 Å². The molecule has 9 amide bonds. The summed E-state index contributed by atoms with van der Waals surface area (Å²) in [5.41, 5.74) is 28.4. The van der Waals surface area contributed by atoms with E-state index in [9.17, 15) is 73.5 Å². The molecule has 0 fully saturated rings. The van der Waals surface area contributed by atoms with Crippen LogP contribution < -0.4 is 76.5 Å². The number of phenols is 2. The highest BCUT2D eigenvalue weighted by Crippen LogP contribution is 2.16. The maximum atomic E-state index is 14.7. The molecule has 0 spiro atoms. The molecule has 0 aliphatic heterocycles. The fraction of sp³-hybridized carbons (Fsp3) is 0.538. The van der Waals surface area contributed by atoms with E-state index in [1.54, 1.807) is 13.8 Å². The second-order valence-corrected chi connectivity index (χ2v) is 20.2. The third-order valence-electron chi connectivity index (χ3n) is 12.3. The Morgan fingerprint density at radius 3 is 1.24 bits per heavy atom. The van der Waals surface area contributed by atoms with E-state index in [-0.39, 0.29) is 87.4 Å². The third-order valence-corrected chi connectivity index (χ3v) is 12.3. The van der Waals surface area contributed by atoms with Gasteiger partial charge in [-0.25, -0.2) is 0 Å². The fourth-order valence-electron chi connectivity index (χ4n) is 7.80. The number of nitrogens with one attached hydrogen (secondary N) is 9. The Kier molecular flexibility index (Phi) is 30.4. The van der Waals surface area contributed by atoms with Gasteiger partial charge in [0.05, 0.1) is 24.9 Å². The highest BCUT2D eigenvalue weighted by Gasteiger charge is 2.37. The maximum absolute atomic E-state index is 14.7. The van der Waals surface area contributed by atoms with Crippen molar-refractivity contribution in [3.8, 4) is 11.5 Å². The number of benzene rings is 2. The number of hydrogen-bond donors (Lipinski definition) is 20. The van der Waals surface area contributed by atoms with Crippen LogP contribution in [-0.4, -0.2) is 195 Å². The number of phenolic OH excluding ortho intramolecular Hbond substituents is 2. The monoisotopic (exact) mass is 1190 g/mol. The van der Waals surface area contributed by atoms with E-state index in [2.05, 4.69) is 57.8 Å². The lowest BCUT2D eigenvalue weighted by Gasteiger charge is -2.29. The Hall–Kier alpha value is -8.88. The number of nitrogens with zero attached hydrogens (tertiary/aromatic N) is 2. The maximum Gasteiger partial charge on any atom is 0.322 e. The molecule has 0 bridgehead atoms. The van der Waals surface area contributed by atoms with Crippen LogP contribution in [-0.2, 0) is 60.8 Å². The zero-order chi connectivity index (χ0) is 63.4. The third kappa shape index (κ3) is 26.8. The molecular formula is C52H82N16O16. The van der Waals surface area contributed by atoms with Crippen LogP contribution in [0.15, 0.2) is 58.5 Å². The lowest BCUT2D eigenvalue weighted by atomic mass is 9.99. The molecule has 84 heavy (non-hydrogen) atoms. The lowest BCUT2D eigenvalue weighted by Crippen LogP contribution is -2.63. The molecule has 0 unspecified atom stereocenters. The quantitative estimate of drug-likeness (QED) is 0.0171. The molecule has 2 aromatic rings. The number of amides is 9. The summed E-state index contributed by atoms with van der Waals surface area (Å²) in [6, 6.07) is -1.58. The predicted molar refractivity (Wildman–Crippen MR) is 303 cm³/mol. The van der Waals surface area contributed by atoms with Gasteiger partial charge in [-0.15, -0.1) is 0 Å². The smallest absolute Gasteiger partial charge is 0.322 e. The van der Waals surface area contributed by atoms with Crippen LogP contribution in [0.5, 0.6) is 11.5 Å². The number of rotatable bonds is 36. The minimum absolute atomic E-state index is 0.00218. The lowest BCUT2D eigenvalue weighted by molar-refractivity contribution is -0.138. The van der Waals surface area contributed by atoms with Crippen molar-refractivity contribution >= 4 is 71.1 Å². The van der Waals surface area contributed by atoms with Crippen LogP contribution in [0.4, 0.5) is 0 Å². The summed E-state index contributed by atoms with van der Waals surface area (Å²) >= 11 is 0. The Morgan fingerprint density at radius 2 is 0.833 bits per heavy atom. The van der Waals surface area contributed by atoms with Gasteiger partial charge >= 0.3 is 5.97 Å². The molecule has 0 aromatic heterocycles. The van der Waals surface area contributed by atoms with E-state index >= 15 is 0 Å². The van der Waals surface area contributed by atoms with Gasteiger partial charge in [0.25, 0.3) is 0 Å². The number of aromatic hydroxyl groups is 2. The second-order valence-electron chi connectivity index (χ2n) is 20.2. The highest BCUT2D eigenvalue weighted by molar-refractivity contribution is 5.98. The summed E-state index contributed by atoms with van der Waals surface area (Å²) in [7, 11) is 0. The summed E-state index contributed by atoms with van der Waals surface area (Å²) in [5.74, 6) is -11.5. The van der Waals surface area contributed by atoms with Crippen molar-refractivity contribution in [1.29, 1.82) is 0 Å². The molecule has 0 saturated heterocycles. The van der Waals surface area contributed by atoms with Crippen molar-refractivity contribution in [2.75, 3.05) is 26.2 Å². The van der Waals surface area contributed by atoms with Gasteiger partial charge < -0.3 is 107 Å². The number of guanidine groups is 2. The number of aliphatic imine (C=N–C) groups is 2. The van der Waals surface area contributed by atoms with Gasteiger partial charge in [0.2, 0.25) is 53.2 Å². The molecule has 2 aromatic carbocycles. The molecule has 0 saturated carbocycles. The minimum Gasteiger partial charge on any atom is -0.508 e. The Labute approximate surface area is 484 Å². The van der Waals surface area contributed by atoms with E-state index in [0.717, 1.165) is 13.8 Å². The van der Waals surface area contributed by atoms with Gasteiger partial charge in [-0.05, 0) is 94.2 Å². The van der Waals surface area contributed by atoms with Crippen molar-refractivity contribution in [2.24, 2.45) is 44.6 Å². The minimum atomic E-state index is -1.84. The molecule has 25 N–H and O–H groups in total. The van der Waals surface area contributed by atoms with Gasteiger partial charge in [0.15, 0.2) is 11.9 Å². The van der Waals surface area contributed by atoms with Crippen molar-refractivity contribution in [2.45, 2.75) is 146 Å². The van der Waals surface area contributed by atoms with Crippen LogP contribution in [0.3, 0.4) is 0 Å². The second kappa shape index (κ2) is 35.9. The largest absolute Gasteiger partial charge is 0.508 e. The Morgan fingerprint density at radius 1 is 0.464 bits per heavy atom. The van der Waals surface area contributed by atoms with E-state index in [1.807, 2.05) is 0 Å². The van der Waals surface area contributed by atoms with Gasteiger partial charge in [-0.2, -0.15) is 0 Å².